The van der Waals surface area contributed by atoms with Gasteiger partial charge >= 0.3 is 0 Å². The largest absolute Gasteiger partial charge is 0.348 e. The first-order valence-corrected chi connectivity index (χ1v) is 8.95. The second-order valence-corrected chi connectivity index (χ2v) is 6.59. The van der Waals surface area contributed by atoms with Gasteiger partial charge in [0.05, 0.1) is 23.3 Å². The summed E-state index contributed by atoms with van der Waals surface area (Å²) < 4.78 is 1.31. The molecule has 134 valence electrons. The van der Waals surface area contributed by atoms with Crippen molar-refractivity contribution in [3.63, 3.8) is 0 Å². The van der Waals surface area contributed by atoms with E-state index in [2.05, 4.69) is 17.2 Å². The van der Waals surface area contributed by atoms with E-state index in [1.807, 2.05) is 30.3 Å². The molecule has 1 amide bonds. The molecular formula is C20H20ClN3O2. The molecule has 3 rings (SSSR count). The van der Waals surface area contributed by atoms with Gasteiger partial charge in [-0.1, -0.05) is 55.3 Å². The van der Waals surface area contributed by atoms with Crippen LogP contribution in [0.1, 0.15) is 31.4 Å². The van der Waals surface area contributed by atoms with Crippen LogP contribution in [0, 0.1) is 0 Å². The Kier molecular flexibility index (Phi) is 5.68. The number of nitrogens with one attached hydrogen (secondary N) is 1. The summed E-state index contributed by atoms with van der Waals surface area (Å²) in [6.45, 7) is 1.99. The van der Waals surface area contributed by atoms with Gasteiger partial charge in [-0.25, -0.2) is 4.98 Å². The van der Waals surface area contributed by atoms with Crippen LogP contribution in [-0.2, 0) is 11.3 Å². The molecule has 26 heavy (non-hydrogen) atoms. The number of rotatable bonds is 6. The lowest BCUT2D eigenvalue weighted by molar-refractivity contribution is -0.122. The van der Waals surface area contributed by atoms with Gasteiger partial charge in [-0.3, -0.25) is 14.2 Å². The Labute approximate surface area is 156 Å². The fourth-order valence-corrected chi connectivity index (χ4v) is 3.11. The second kappa shape index (κ2) is 8.15. The standard InChI is InChI=1S/C20H20ClN3O2/c1-2-6-17(14-7-4-3-5-8-14)23-19(25)12-24-13-22-18-10-9-15(21)11-16(18)20(24)26/h3-5,7-11,13,17H,2,6,12H2,1H3,(H,23,25)/t17-/m0/s1. The first kappa shape index (κ1) is 18.1. The van der Waals surface area contributed by atoms with E-state index in [1.165, 1.54) is 10.9 Å². The van der Waals surface area contributed by atoms with Crippen LogP contribution in [-0.4, -0.2) is 15.5 Å². The molecule has 0 radical (unpaired) electrons. The second-order valence-electron chi connectivity index (χ2n) is 6.16. The minimum Gasteiger partial charge on any atom is -0.348 e. The maximum atomic E-state index is 12.6. The van der Waals surface area contributed by atoms with E-state index >= 15 is 0 Å². The van der Waals surface area contributed by atoms with Crippen molar-refractivity contribution >= 4 is 28.4 Å². The van der Waals surface area contributed by atoms with Crippen LogP contribution in [0.25, 0.3) is 10.9 Å². The van der Waals surface area contributed by atoms with Crippen molar-refractivity contribution in [3.8, 4) is 0 Å². The van der Waals surface area contributed by atoms with E-state index in [4.69, 9.17) is 11.6 Å². The molecule has 1 atom stereocenters. The van der Waals surface area contributed by atoms with Crippen LogP contribution < -0.4 is 10.9 Å². The Morgan fingerprint density at radius 3 is 2.73 bits per heavy atom. The Hall–Kier alpha value is -2.66. The topological polar surface area (TPSA) is 64.0 Å². The van der Waals surface area contributed by atoms with E-state index in [-0.39, 0.29) is 24.1 Å². The van der Waals surface area contributed by atoms with Gasteiger partial charge in [-0.2, -0.15) is 0 Å². The molecule has 0 aliphatic rings. The normalized spacial score (nSPS) is 12.1. The lowest BCUT2D eigenvalue weighted by atomic mass is 10.0. The molecule has 5 nitrogen and oxygen atoms in total. The number of amides is 1. The zero-order valence-electron chi connectivity index (χ0n) is 14.5. The maximum Gasteiger partial charge on any atom is 0.261 e. The molecule has 0 spiro atoms. The molecule has 1 aromatic heterocycles. The number of hydrogen-bond donors (Lipinski definition) is 1. The summed E-state index contributed by atoms with van der Waals surface area (Å²) in [7, 11) is 0. The number of benzene rings is 2. The average Bonchev–Trinajstić information content (AvgIpc) is 2.65. The van der Waals surface area contributed by atoms with Gasteiger partial charge in [0.25, 0.3) is 5.56 Å². The van der Waals surface area contributed by atoms with Crippen LogP contribution >= 0.6 is 11.6 Å². The summed E-state index contributed by atoms with van der Waals surface area (Å²) >= 11 is 5.96. The van der Waals surface area contributed by atoms with Gasteiger partial charge in [0.15, 0.2) is 0 Å². The monoisotopic (exact) mass is 369 g/mol. The van der Waals surface area contributed by atoms with Crippen LogP contribution in [0.3, 0.4) is 0 Å². The minimum absolute atomic E-state index is 0.0766. The van der Waals surface area contributed by atoms with E-state index in [9.17, 15) is 9.59 Å². The molecule has 0 unspecified atom stereocenters. The molecule has 1 N–H and O–H groups in total. The highest BCUT2D eigenvalue weighted by Crippen LogP contribution is 2.18. The van der Waals surface area contributed by atoms with Gasteiger partial charge < -0.3 is 5.32 Å². The third-order valence-corrected chi connectivity index (χ3v) is 4.45. The first-order valence-electron chi connectivity index (χ1n) is 8.57. The zero-order valence-corrected chi connectivity index (χ0v) is 15.2. The van der Waals surface area contributed by atoms with Crippen LogP contribution in [0.4, 0.5) is 0 Å². The number of fused-ring (bicyclic) bond motifs is 1. The number of hydrogen-bond acceptors (Lipinski definition) is 3. The van der Waals surface area contributed by atoms with Crippen molar-refractivity contribution in [2.24, 2.45) is 0 Å². The maximum absolute atomic E-state index is 12.6. The van der Waals surface area contributed by atoms with Crippen molar-refractivity contribution in [1.82, 2.24) is 14.9 Å². The zero-order chi connectivity index (χ0) is 18.5. The summed E-state index contributed by atoms with van der Waals surface area (Å²) in [5.74, 6) is -0.224. The third-order valence-electron chi connectivity index (χ3n) is 4.21. The first-order chi connectivity index (χ1) is 12.6. The number of aromatic nitrogens is 2. The molecule has 0 aliphatic carbocycles. The molecule has 3 aromatic rings. The number of nitrogens with zero attached hydrogens (tertiary/aromatic N) is 2. The van der Waals surface area contributed by atoms with Gasteiger partial charge in [0, 0.05) is 5.02 Å². The highest BCUT2D eigenvalue weighted by Gasteiger charge is 2.15. The van der Waals surface area contributed by atoms with Gasteiger partial charge in [-0.05, 0) is 30.2 Å². The highest BCUT2D eigenvalue weighted by molar-refractivity contribution is 6.31. The quantitative estimate of drug-likeness (QED) is 0.720. The van der Waals surface area contributed by atoms with Crippen LogP contribution in [0.15, 0.2) is 59.7 Å². The predicted molar refractivity (Wildman–Crippen MR) is 103 cm³/mol. The Morgan fingerprint density at radius 1 is 1.23 bits per heavy atom. The Balaban J connectivity index is 1.80. The van der Waals surface area contributed by atoms with Crippen molar-refractivity contribution in [2.45, 2.75) is 32.4 Å². The number of halogens is 1. The SMILES string of the molecule is CCC[C@H](NC(=O)Cn1cnc2ccc(Cl)cc2c1=O)c1ccccc1. The Morgan fingerprint density at radius 2 is 2.00 bits per heavy atom. The van der Waals surface area contributed by atoms with Crippen molar-refractivity contribution in [2.75, 3.05) is 0 Å². The molecule has 6 heteroatoms. The molecular weight excluding hydrogens is 350 g/mol. The summed E-state index contributed by atoms with van der Waals surface area (Å²) in [5, 5.41) is 3.88. The molecule has 0 saturated carbocycles. The predicted octanol–water partition coefficient (Wildman–Crippen LogP) is 3.71. The summed E-state index contributed by atoms with van der Waals surface area (Å²) in [6.07, 6.45) is 3.17. The van der Waals surface area contributed by atoms with Gasteiger partial charge in [0.2, 0.25) is 5.91 Å². The van der Waals surface area contributed by atoms with E-state index in [1.54, 1.807) is 18.2 Å². The van der Waals surface area contributed by atoms with Crippen molar-refractivity contribution < 1.29 is 4.79 Å². The van der Waals surface area contributed by atoms with Crippen LogP contribution in [0.2, 0.25) is 5.02 Å². The summed E-state index contributed by atoms with van der Waals surface area (Å²) in [4.78, 5) is 29.3. The molecule has 0 aliphatic heterocycles. The molecule has 0 fully saturated rings. The number of carbonyl (C=O) groups excluding carboxylic acids is 1. The summed E-state index contributed by atoms with van der Waals surface area (Å²) in [6, 6.07) is 14.7. The molecule has 0 saturated heterocycles. The lowest BCUT2D eigenvalue weighted by Crippen LogP contribution is -2.34. The highest BCUT2D eigenvalue weighted by atomic mass is 35.5. The fourth-order valence-electron chi connectivity index (χ4n) is 2.93. The van der Waals surface area contributed by atoms with E-state index < -0.39 is 0 Å². The molecule has 1 heterocycles. The Bertz CT molecular complexity index is 970. The van der Waals surface area contributed by atoms with E-state index in [0.29, 0.717) is 15.9 Å². The smallest absolute Gasteiger partial charge is 0.261 e. The van der Waals surface area contributed by atoms with Crippen molar-refractivity contribution in [3.05, 3.63) is 75.8 Å². The van der Waals surface area contributed by atoms with Crippen LogP contribution in [0.5, 0.6) is 0 Å². The lowest BCUT2D eigenvalue weighted by Gasteiger charge is -2.19. The van der Waals surface area contributed by atoms with Gasteiger partial charge in [0.1, 0.15) is 6.54 Å². The third kappa shape index (κ3) is 4.11. The summed E-state index contributed by atoms with van der Waals surface area (Å²) in [5.41, 5.74) is 1.34. The fraction of sp³-hybridized carbons (Fsp3) is 0.250. The van der Waals surface area contributed by atoms with Crippen molar-refractivity contribution in [1.29, 1.82) is 0 Å². The average molecular weight is 370 g/mol. The number of carbonyl (C=O) groups is 1. The molecule has 2 aromatic carbocycles. The molecule has 0 bridgehead atoms. The van der Waals surface area contributed by atoms with Gasteiger partial charge in [-0.15, -0.1) is 0 Å². The minimum atomic E-state index is -0.278. The van der Waals surface area contributed by atoms with E-state index in [0.717, 1.165) is 18.4 Å².